The summed E-state index contributed by atoms with van der Waals surface area (Å²) in [7, 11) is 0. The molecule has 0 spiro atoms. The summed E-state index contributed by atoms with van der Waals surface area (Å²) >= 11 is 0. The number of nitrogens with one attached hydrogen (secondary N) is 2. The number of aromatic hydroxyl groups is 1. The van der Waals surface area contributed by atoms with E-state index in [0.29, 0.717) is 5.69 Å². The van der Waals surface area contributed by atoms with E-state index in [0.717, 1.165) is 11.1 Å². The maximum absolute atomic E-state index is 12.2. The van der Waals surface area contributed by atoms with E-state index < -0.39 is 6.04 Å². The van der Waals surface area contributed by atoms with E-state index >= 15 is 0 Å². The summed E-state index contributed by atoms with van der Waals surface area (Å²) in [5, 5.41) is 14.9. The van der Waals surface area contributed by atoms with Crippen LogP contribution >= 0.6 is 0 Å². The van der Waals surface area contributed by atoms with Crippen LogP contribution < -0.4 is 10.6 Å². The van der Waals surface area contributed by atoms with Crippen molar-refractivity contribution in [1.29, 1.82) is 0 Å². The second kappa shape index (κ2) is 7.45. The van der Waals surface area contributed by atoms with Crippen LogP contribution in [-0.2, 0) is 9.59 Å². The second-order valence-corrected chi connectivity index (χ2v) is 5.47. The van der Waals surface area contributed by atoms with E-state index in [-0.39, 0.29) is 24.0 Å². The Kier molecular flexibility index (Phi) is 5.36. The quantitative estimate of drug-likeness (QED) is 0.794. The molecule has 0 aliphatic rings. The van der Waals surface area contributed by atoms with Crippen LogP contribution in [0.25, 0.3) is 0 Å². The first-order chi connectivity index (χ1) is 10.9. The molecule has 0 fully saturated rings. The third-order valence-electron chi connectivity index (χ3n) is 3.38. The Morgan fingerprint density at radius 1 is 1.13 bits per heavy atom. The molecule has 0 saturated carbocycles. The minimum absolute atomic E-state index is 0.0831. The maximum atomic E-state index is 12.2. The van der Waals surface area contributed by atoms with Crippen molar-refractivity contribution in [2.45, 2.75) is 26.3 Å². The van der Waals surface area contributed by atoms with E-state index in [1.54, 1.807) is 12.1 Å². The van der Waals surface area contributed by atoms with Gasteiger partial charge in [0.2, 0.25) is 11.8 Å². The van der Waals surface area contributed by atoms with Crippen LogP contribution in [0.4, 0.5) is 5.69 Å². The normalized spacial score (nSPS) is 11.6. The number of hydrogen-bond donors (Lipinski definition) is 3. The lowest BCUT2D eigenvalue weighted by molar-refractivity contribution is -0.120. The van der Waals surface area contributed by atoms with Gasteiger partial charge in [0.15, 0.2) is 0 Å². The van der Waals surface area contributed by atoms with Gasteiger partial charge >= 0.3 is 0 Å². The molecule has 1 atom stereocenters. The largest absolute Gasteiger partial charge is 0.508 e. The Hall–Kier alpha value is -2.82. The first kappa shape index (κ1) is 16.5. The molecule has 2 aromatic carbocycles. The standard InChI is InChI=1S/C18H20N2O3/c1-12-6-8-14(9-7-12)17(19-13(2)21)11-18(23)20-15-4-3-5-16(22)10-15/h3-10,17,22H,11H2,1-2H3,(H,19,21)(H,20,23). The van der Waals surface area contributed by atoms with Crippen LogP contribution in [0.15, 0.2) is 48.5 Å². The molecule has 5 heteroatoms. The Morgan fingerprint density at radius 2 is 1.83 bits per heavy atom. The van der Waals surface area contributed by atoms with Crippen LogP contribution in [-0.4, -0.2) is 16.9 Å². The molecular formula is C18H20N2O3. The number of carbonyl (C=O) groups excluding carboxylic acids is 2. The summed E-state index contributed by atoms with van der Waals surface area (Å²) < 4.78 is 0. The Bertz CT molecular complexity index is 696. The van der Waals surface area contributed by atoms with Gasteiger partial charge < -0.3 is 15.7 Å². The molecule has 2 rings (SSSR count). The van der Waals surface area contributed by atoms with E-state index in [1.807, 2.05) is 31.2 Å². The van der Waals surface area contributed by atoms with Crippen LogP contribution in [0.1, 0.15) is 30.5 Å². The van der Waals surface area contributed by atoms with Gasteiger partial charge in [-0.25, -0.2) is 0 Å². The zero-order chi connectivity index (χ0) is 16.8. The second-order valence-electron chi connectivity index (χ2n) is 5.47. The number of anilines is 1. The predicted molar refractivity (Wildman–Crippen MR) is 89.1 cm³/mol. The van der Waals surface area contributed by atoms with Gasteiger partial charge in [0, 0.05) is 18.7 Å². The average Bonchev–Trinajstić information content (AvgIpc) is 2.46. The van der Waals surface area contributed by atoms with Gasteiger partial charge in [-0.2, -0.15) is 0 Å². The van der Waals surface area contributed by atoms with Crippen molar-refractivity contribution in [2.75, 3.05) is 5.32 Å². The molecule has 2 aromatic rings. The minimum Gasteiger partial charge on any atom is -0.508 e. The van der Waals surface area contributed by atoms with Crippen LogP contribution in [0.2, 0.25) is 0 Å². The Balaban J connectivity index is 2.09. The summed E-state index contributed by atoms with van der Waals surface area (Å²) in [6.07, 6.45) is 0.109. The number of hydrogen-bond acceptors (Lipinski definition) is 3. The molecule has 1 unspecified atom stereocenters. The molecule has 5 nitrogen and oxygen atoms in total. The molecule has 0 aliphatic carbocycles. The van der Waals surface area contributed by atoms with Crippen LogP contribution in [0.5, 0.6) is 5.75 Å². The maximum Gasteiger partial charge on any atom is 0.226 e. The van der Waals surface area contributed by atoms with Crippen molar-refractivity contribution in [2.24, 2.45) is 0 Å². The molecule has 0 heterocycles. The average molecular weight is 312 g/mol. The number of carbonyl (C=O) groups is 2. The van der Waals surface area contributed by atoms with Crippen LogP contribution in [0.3, 0.4) is 0 Å². The minimum atomic E-state index is -0.398. The van der Waals surface area contributed by atoms with Gasteiger partial charge in [-0.1, -0.05) is 35.9 Å². The van der Waals surface area contributed by atoms with Crippen molar-refractivity contribution >= 4 is 17.5 Å². The van der Waals surface area contributed by atoms with E-state index in [2.05, 4.69) is 10.6 Å². The molecule has 0 aromatic heterocycles. The zero-order valence-corrected chi connectivity index (χ0v) is 13.2. The van der Waals surface area contributed by atoms with Gasteiger partial charge in [-0.15, -0.1) is 0 Å². The fraction of sp³-hybridized carbons (Fsp3) is 0.222. The fourth-order valence-electron chi connectivity index (χ4n) is 2.28. The smallest absolute Gasteiger partial charge is 0.226 e. The molecule has 23 heavy (non-hydrogen) atoms. The van der Waals surface area contributed by atoms with E-state index in [4.69, 9.17) is 0 Å². The van der Waals surface area contributed by atoms with Gasteiger partial charge in [-0.05, 0) is 24.6 Å². The highest BCUT2D eigenvalue weighted by molar-refractivity contribution is 5.91. The highest BCUT2D eigenvalue weighted by atomic mass is 16.3. The van der Waals surface area contributed by atoms with Crippen molar-refractivity contribution in [3.63, 3.8) is 0 Å². The number of phenols is 1. The van der Waals surface area contributed by atoms with Crippen molar-refractivity contribution < 1.29 is 14.7 Å². The first-order valence-electron chi connectivity index (χ1n) is 7.36. The van der Waals surface area contributed by atoms with Gasteiger partial charge in [-0.3, -0.25) is 9.59 Å². The fourth-order valence-corrected chi connectivity index (χ4v) is 2.28. The van der Waals surface area contributed by atoms with Crippen molar-refractivity contribution in [3.8, 4) is 5.75 Å². The van der Waals surface area contributed by atoms with Gasteiger partial charge in [0.25, 0.3) is 0 Å². The number of amides is 2. The molecule has 2 amide bonds. The SMILES string of the molecule is CC(=O)NC(CC(=O)Nc1cccc(O)c1)c1ccc(C)cc1. The lowest BCUT2D eigenvalue weighted by Crippen LogP contribution is -2.29. The molecular weight excluding hydrogens is 292 g/mol. The molecule has 0 aliphatic heterocycles. The Morgan fingerprint density at radius 3 is 2.43 bits per heavy atom. The molecule has 0 bridgehead atoms. The summed E-state index contributed by atoms with van der Waals surface area (Å²) in [6.45, 7) is 3.40. The van der Waals surface area contributed by atoms with Gasteiger partial charge in [0.05, 0.1) is 12.5 Å². The van der Waals surface area contributed by atoms with E-state index in [9.17, 15) is 14.7 Å². The molecule has 120 valence electrons. The summed E-state index contributed by atoms with van der Waals surface area (Å²) in [6, 6.07) is 13.6. The van der Waals surface area contributed by atoms with Gasteiger partial charge in [0.1, 0.15) is 5.75 Å². The third-order valence-corrected chi connectivity index (χ3v) is 3.38. The number of phenolic OH excluding ortho intramolecular Hbond substituents is 1. The number of benzene rings is 2. The summed E-state index contributed by atoms with van der Waals surface area (Å²) in [4.78, 5) is 23.6. The van der Waals surface area contributed by atoms with Crippen LogP contribution in [0, 0.1) is 6.92 Å². The lowest BCUT2D eigenvalue weighted by Gasteiger charge is -2.18. The first-order valence-corrected chi connectivity index (χ1v) is 7.36. The lowest BCUT2D eigenvalue weighted by atomic mass is 10.0. The van der Waals surface area contributed by atoms with Crippen molar-refractivity contribution in [3.05, 3.63) is 59.7 Å². The highest BCUT2D eigenvalue weighted by Gasteiger charge is 2.17. The zero-order valence-electron chi connectivity index (χ0n) is 13.2. The predicted octanol–water partition coefficient (Wildman–Crippen LogP) is 2.91. The summed E-state index contributed by atoms with van der Waals surface area (Å²) in [5.74, 6) is -0.351. The van der Waals surface area contributed by atoms with E-state index in [1.165, 1.54) is 19.1 Å². The third kappa shape index (κ3) is 5.14. The van der Waals surface area contributed by atoms with Crippen molar-refractivity contribution in [1.82, 2.24) is 5.32 Å². The monoisotopic (exact) mass is 312 g/mol. The number of aryl methyl sites for hydroxylation is 1. The highest BCUT2D eigenvalue weighted by Crippen LogP contribution is 2.20. The topological polar surface area (TPSA) is 78.4 Å². The molecule has 0 radical (unpaired) electrons. The molecule has 0 saturated heterocycles. The number of rotatable bonds is 5. The Labute approximate surface area is 135 Å². The summed E-state index contributed by atoms with van der Waals surface area (Å²) in [5.41, 5.74) is 2.50. The molecule has 3 N–H and O–H groups in total.